The predicted molar refractivity (Wildman–Crippen MR) is 68.8 cm³/mol. The molecule has 0 amide bonds. The van der Waals surface area contributed by atoms with Crippen molar-refractivity contribution in [3.63, 3.8) is 0 Å². The molecule has 0 aromatic carbocycles. The first kappa shape index (κ1) is 15.7. The molecule has 19 heavy (non-hydrogen) atoms. The molecule has 0 aliphatic carbocycles. The first-order valence-electron chi connectivity index (χ1n) is 5.72. The molecule has 0 bridgehead atoms. The molecule has 0 unspecified atom stereocenters. The molecule has 0 fully saturated rings. The molecule has 0 aliphatic heterocycles. The van der Waals surface area contributed by atoms with Crippen molar-refractivity contribution in [1.82, 2.24) is 9.62 Å². The number of nitrogens with one attached hydrogen (secondary N) is 1. The number of carbonyl (C=O) groups is 1. The molecule has 7 nitrogen and oxygen atoms in total. The van der Waals surface area contributed by atoms with Gasteiger partial charge in [0.1, 0.15) is 10.7 Å². The number of carboxylic acids is 1. The van der Waals surface area contributed by atoms with Crippen LogP contribution in [0, 0.1) is 6.92 Å². The molecule has 8 heteroatoms. The van der Waals surface area contributed by atoms with Crippen LogP contribution >= 0.6 is 0 Å². The molecular weight excluding hydrogens is 272 g/mol. The molecule has 0 spiro atoms. The van der Waals surface area contributed by atoms with Gasteiger partial charge in [0.25, 0.3) is 0 Å². The van der Waals surface area contributed by atoms with Gasteiger partial charge >= 0.3 is 5.97 Å². The van der Waals surface area contributed by atoms with E-state index < -0.39 is 16.0 Å². The topological polar surface area (TPSA) is 99.8 Å². The maximum Gasteiger partial charge on any atom is 0.371 e. The minimum atomic E-state index is -3.73. The van der Waals surface area contributed by atoms with Crippen LogP contribution in [-0.2, 0) is 10.0 Å². The molecule has 0 atom stereocenters. The fraction of sp³-hybridized carbons (Fsp3) is 0.545. The Bertz CT molecular complexity index is 547. The number of carboxylic acid groups (broad SMARTS) is 1. The second-order valence-corrected chi connectivity index (χ2v) is 6.13. The number of hydrogen-bond acceptors (Lipinski definition) is 5. The van der Waals surface area contributed by atoms with Crippen LogP contribution < -0.4 is 4.72 Å². The fourth-order valence-corrected chi connectivity index (χ4v) is 2.77. The first-order valence-corrected chi connectivity index (χ1v) is 7.20. The number of aromatic carboxylic acids is 1. The van der Waals surface area contributed by atoms with Gasteiger partial charge in [-0.05, 0) is 34.0 Å². The molecule has 1 heterocycles. The first-order chi connectivity index (χ1) is 8.74. The van der Waals surface area contributed by atoms with E-state index in [1.807, 2.05) is 19.0 Å². The lowest BCUT2D eigenvalue weighted by molar-refractivity contribution is 0.0661. The van der Waals surface area contributed by atoms with Crippen molar-refractivity contribution >= 4 is 16.0 Å². The summed E-state index contributed by atoms with van der Waals surface area (Å²) in [6.07, 6.45) is 0.662. The Balaban J connectivity index is 2.75. The summed E-state index contributed by atoms with van der Waals surface area (Å²) in [5.41, 5.74) is 0. The van der Waals surface area contributed by atoms with E-state index in [-0.39, 0.29) is 23.0 Å². The van der Waals surface area contributed by atoms with E-state index >= 15 is 0 Å². The number of rotatable bonds is 7. The predicted octanol–water partition coefficient (Wildman–Crippen LogP) is 0.516. The average Bonchev–Trinajstić information content (AvgIpc) is 2.67. The van der Waals surface area contributed by atoms with E-state index in [0.29, 0.717) is 6.42 Å². The third kappa shape index (κ3) is 4.34. The van der Waals surface area contributed by atoms with Crippen molar-refractivity contribution in [2.45, 2.75) is 18.2 Å². The maximum absolute atomic E-state index is 12.0. The Labute approximate surface area is 112 Å². The van der Waals surface area contributed by atoms with Crippen LogP contribution in [0.4, 0.5) is 0 Å². The third-order valence-electron chi connectivity index (χ3n) is 2.45. The van der Waals surface area contributed by atoms with Crippen LogP contribution in [0.1, 0.15) is 22.7 Å². The molecule has 0 saturated heterocycles. The SMILES string of the molecule is Cc1oc(C(=O)O)cc1S(=O)(=O)NCCCN(C)C. The van der Waals surface area contributed by atoms with Gasteiger partial charge in [0.05, 0.1) is 0 Å². The average molecular weight is 290 g/mol. The maximum atomic E-state index is 12.0. The molecule has 0 saturated carbocycles. The lowest BCUT2D eigenvalue weighted by Gasteiger charge is -2.09. The van der Waals surface area contributed by atoms with Crippen LogP contribution in [0.25, 0.3) is 0 Å². The largest absolute Gasteiger partial charge is 0.475 e. The van der Waals surface area contributed by atoms with Crippen molar-refractivity contribution in [2.24, 2.45) is 0 Å². The highest BCUT2D eigenvalue weighted by atomic mass is 32.2. The fourth-order valence-electron chi connectivity index (χ4n) is 1.52. The summed E-state index contributed by atoms with van der Waals surface area (Å²) in [6.45, 7) is 2.46. The summed E-state index contributed by atoms with van der Waals surface area (Å²) in [5.74, 6) is -1.61. The van der Waals surface area contributed by atoms with E-state index in [1.165, 1.54) is 6.92 Å². The Kier molecular flexibility index (Phi) is 5.10. The molecule has 2 N–H and O–H groups in total. The second kappa shape index (κ2) is 6.18. The van der Waals surface area contributed by atoms with Gasteiger partial charge in [0.15, 0.2) is 0 Å². The lowest BCUT2D eigenvalue weighted by atomic mass is 10.4. The van der Waals surface area contributed by atoms with Crippen molar-refractivity contribution in [3.05, 3.63) is 17.6 Å². The summed E-state index contributed by atoms with van der Waals surface area (Å²) in [4.78, 5) is 12.5. The Morgan fingerprint density at radius 1 is 1.47 bits per heavy atom. The molecule has 1 aromatic rings. The highest BCUT2D eigenvalue weighted by Gasteiger charge is 2.23. The van der Waals surface area contributed by atoms with Crippen molar-refractivity contribution in [3.8, 4) is 0 Å². The minimum Gasteiger partial charge on any atom is -0.475 e. The quantitative estimate of drug-likeness (QED) is 0.710. The van der Waals surface area contributed by atoms with Gasteiger partial charge in [-0.1, -0.05) is 0 Å². The monoisotopic (exact) mass is 290 g/mol. The summed E-state index contributed by atoms with van der Waals surface area (Å²) in [6, 6.07) is 1.02. The molecule has 0 radical (unpaired) electrons. The third-order valence-corrected chi connectivity index (χ3v) is 4.02. The standard InChI is InChI=1S/C11H18N2O5S/c1-8-10(7-9(18-8)11(14)15)19(16,17)12-5-4-6-13(2)3/h7,12H,4-6H2,1-3H3,(H,14,15). The highest BCUT2D eigenvalue weighted by molar-refractivity contribution is 7.89. The van der Waals surface area contributed by atoms with Crippen LogP contribution in [0.5, 0.6) is 0 Å². The number of hydrogen-bond donors (Lipinski definition) is 2. The highest BCUT2D eigenvalue weighted by Crippen LogP contribution is 2.19. The van der Waals surface area contributed by atoms with Gasteiger partial charge in [-0.25, -0.2) is 17.9 Å². The van der Waals surface area contributed by atoms with Crippen molar-refractivity contribution in [1.29, 1.82) is 0 Å². The van der Waals surface area contributed by atoms with Gasteiger partial charge in [0, 0.05) is 12.6 Å². The summed E-state index contributed by atoms with van der Waals surface area (Å²) >= 11 is 0. The second-order valence-electron chi connectivity index (χ2n) is 4.39. The molecule has 1 aromatic heterocycles. The van der Waals surface area contributed by atoms with Crippen LogP contribution in [0.15, 0.2) is 15.4 Å². The summed E-state index contributed by atoms with van der Waals surface area (Å²) < 4.78 is 31.2. The number of furan rings is 1. The van der Waals surface area contributed by atoms with E-state index in [2.05, 4.69) is 4.72 Å². The smallest absolute Gasteiger partial charge is 0.371 e. The van der Waals surface area contributed by atoms with E-state index in [4.69, 9.17) is 9.52 Å². The Hall–Kier alpha value is -1.38. The van der Waals surface area contributed by atoms with Gasteiger partial charge in [0.2, 0.25) is 15.8 Å². The molecule has 0 aliphatic rings. The number of nitrogens with zero attached hydrogens (tertiary/aromatic N) is 1. The van der Waals surface area contributed by atoms with Crippen molar-refractivity contribution in [2.75, 3.05) is 27.2 Å². The zero-order valence-electron chi connectivity index (χ0n) is 11.1. The summed E-state index contributed by atoms with van der Waals surface area (Å²) in [7, 11) is 0.0662. The van der Waals surface area contributed by atoms with E-state index in [9.17, 15) is 13.2 Å². The molecule has 108 valence electrons. The Morgan fingerprint density at radius 3 is 2.58 bits per heavy atom. The normalized spacial score (nSPS) is 12.0. The zero-order chi connectivity index (χ0) is 14.6. The molecule has 1 rings (SSSR count). The van der Waals surface area contributed by atoms with Gasteiger partial charge in [-0.3, -0.25) is 0 Å². The van der Waals surface area contributed by atoms with Crippen LogP contribution in [-0.4, -0.2) is 51.6 Å². The number of aryl methyl sites for hydroxylation is 1. The number of sulfonamides is 1. The van der Waals surface area contributed by atoms with Crippen LogP contribution in [0.2, 0.25) is 0 Å². The van der Waals surface area contributed by atoms with Gasteiger partial charge in [-0.2, -0.15) is 0 Å². The minimum absolute atomic E-state index is 0.0671. The molecular formula is C11H18N2O5S. The van der Waals surface area contributed by atoms with Gasteiger partial charge in [-0.15, -0.1) is 0 Å². The van der Waals surface area contributed by atoms with E-state index in [0.717, 1.165) is 12.6 Å². The van der Waals surface area contributed by atoms with Crippen LogP contribution in [0.3, 0.4) is 0 Å². The zero-order valence-corrected chi connectivity index (χ0v) is 12.0. The lowest BCUT2D eigenvalue weighted by Crippen LogP contribution is -2.27. The summed E-state index contributed by atoms with van der Waals surface area (Å²) in [5, 5.41) is 8.75. The van der Waals surface area contributed by atoms with Crippen molar-refractivity contribution < 1.29 is 22.7 Å². The van der Waals surface area contributed by atoms with Gasteiger partial charge < -0.3 is 14.4 Å². The Morgan fingerprint density at radius 2 is 2.11 bits per heavy atom. The van der Waals surface area contributed by atoms with E-state index in [1.54, 1.807) is 0 Å².